The van der Waals surface area contributed by atoms with E-state index in [9.17, 15) is 0 Å². The number of rotatable bonds is 4. The third kappa shape index (κ3) is 4.17. The van der Waals surface area contributed by atoms with Crippen LogP contribution in [0.3, 0.4) is 0 Å². The van der Waals surface area contributed by atoms with Crippen LogP contribution in [-0.4, -0.2) is 18.2 Å². The molecule has 0 saturated heterocycles. The first-order valence-corrected chi connectivity index (χ1v) is 12.7. The van der Waals surface area contributed by atoms with Crippen molar-refractivity contribution in [3.63, 3.8) is 0 Å². The molecule has 0 atom stereocenters. The van der Waals surface area contributed by atoms with Gasteiger partial charge in [0.1, 0.15) is 0 Å². The number of benzene rings is 4. The summed E-state index contributed by atoms with van der Waals surface area (Å²) in [5, 5.41) is 7.16. The molecule has 1 aromatic heterocycles. The molecule has 3 heterocycles. The van der Waals surface area contributed by atoms with Gasteiger partial charge < -0.3 is 19.7 Å². The van der Waals surface area contributed by atoms with Crippen LogP contribution < -0.4 is 9.80 Å². The van der Waals surface area contributed by atoms with E-state index in [0.29, 0.717) is 6.54 Å². The second-order valence-corrected chi connectivity index (χ2v) is 9.90. The van der Waals surface area contributed by atoms with Crippen LogP contribution in [0.2, 0.25) is 0 Å². The van der Waals surface area contributed by atoms with E-state index in [-0.39, 0.29) is 21.1 Å². The van der Waals surface area contributed by atoms with Gasteiger partial charge in [0.25, 0.3) is 0 Å². The number of aromatic nitrogens is 1. The monoisotopic (exact) mass is 677 g/mol. The van der Waals surface area contributed by atoms with E-state index in [2.05, 4.69) is 137 Å². The predicted octanol–water partition coefficient (Wildman–Crippen LogP) is 7.99. The summed E-state index contributed by atoms with van der Waals surface area (Å²) in [5.74, 6) is 0.947. The molecular formula is C31H22N4PtS. The fraction of sp³-hybridized carbons (Fsp3) is 0.0645. The topological polar surface area (TPSA) is 25.5 Å². The average Bonchev–Trinajstić information content (AvgIpc) is 3.44. The molecule has 0 aliphatic carbocycles. The minimum absolute atomic E-state index is 0. The van der Waals surface area contributed by atoms with Gasteiger partial charge in [-0.25, -0.2) is 0 Å². The molecule has 37 heavy (non-hydrogen) atoms. The Hall–Kier alpha value is -3.40. The summed E-state index contributed by atoms with van der Waals surface area (Å²) in [6.45, 7) is 2.80. The maximum absolute atomic E-state index is 4.76. The van der Waals surface area contributed by atoms with E-state index in [1.807, 2.05) is 0 Å². The summed E-state index contributed by atoms with van der Waals surface area (Å²) in [5.41, 5.74) is 5.57. The van der Waals surface area contributed by atoms with Crippen LogP contribution in [0.15, 0.2) is 107 Å². The van der Waals surface area contributed by atoms with Crippen molar-refractivity contribution in [3.8, 4) is 0 Å². The molecule has 6 heteroatoms. The Bertz CT molecular complexity index is 1690. The second kappa shape index (κ2) is 9.81. The van der Waals surface area contributed by atoms with Crippen LogP contribution in [-0.2, 0) is 21.1 Å². The van der Waals surface area contributed by atoms with Gasteiger partial charge in [-0.2, -0.15) is 37.0 Å². The van der Waals surface area contributed by atoms with Gasteiger partial charge in [0, 0.05) is 11.4 Å². The molecule has 2 aliphatic rings. The predicted molar refractivity (Wildman–Crippen MR) is 151 cm³/mol. The molecule has 0 saturated carbocycles. The molecule has 182 valence electrons. The molecular weight excluding hydrogens is 656 g/mol. The third-order valence-corrected chi connectivity index (χ3v) is 7.48. The molecule has 4 aromatic carbocycles. The van der Waals surface area contributed by atoms with Gasteiger partial charge in [-0.3, -0.25) is 0 Å². The molecule has 2 aliphatic heterocycles. The van der Waals surface area contributed by atoms with Crippen molar-refractivity contribution in [2.24, 2.45) is 0 Å². The standard InChI is InChI=1S/C31H22N4S.Pt/c1-33-21-34(29-14-5-4-13-28(29)33)22-9-8-10-23(19-22)36-24-16-17-26-25-11-2-3-12-27(25)35(30(26)20-24)31-15-6-7-18-32-31;/h2-17,21H,18H2,1H3;/q-4;+4. The third-order valence-electron chi connectivity index (χ3n) is 6.57. The maximum Gasteiger partial charge on any atom is 4.00 e. The number of hydrogen-bond acceptors (Lipinski definition) is 3. The summed E-state index contributed by atoms with van der Waals surface area (Å²) in [6, 6.07) is 34.9. The molecule has 0 radical (unpaired) electrons. The molecule has 5 aromatic rings. The Morgan fingerprint density at radius 1 is 0.838 bits per heavy atom. The molecule has 0 unspecified atom stereocenters. The Morgan fingerprint density at radius 2 is 1.65 bits per heavy atom. The SMILES string of the molecule is CN1[CH-]N(c2[c-]c(Sc3[c-]c4c(cc3)c3ccccc3n4C3=CC=CC[N-]3)ccc2)c2ccccc21.[Pt+4]. The van der Waals surface area contributed by atoms with Gasteiger partial charge in [-0.15, -0.1) is 50.3 Å². The van der Waals surface area contributed by atoms with E-state index in [4.69, 9.17) is 5.32 Å². The van der Waals surface area contributed by atoms with Crippen LogP contribution in [0.1, 0.15) is 0 Å². The van der Waals surface area contributed by atoms with Crippen molar-refractivity contribution < 1.29 is 21.1 Å². The number of hydrogen-bond donors (Lipinski definition) is 0. The van der Waals surface area contributed by atoms with Crippen LogP contribution >= 0.6 is 11.8 Å². The van der Waals surface area contributed by atoms with Gasteiger partial charge in [0.05, 0.1) is 0 Å². The first kappa shape index (κ1) is 24.0. The number of para-hydroxylation sites is 3. The van der Waals surface area contributed by atoms with Gasteiger partial charge in [-0.05, 0) is 31.2 Å². The van der Waals surface area contributed by atoms with Gasteiger partial charge in [0.2, 0.25) is 0 Å². The summed E-state index contributed by atoms with van der Waals surface area (Å²) >= 11 is 1.68. The zero-order valence-electron chi connectivity index (χ0n) is 20.0. The smallest absolute Gasteiger partial charge is 0.504 e. The molecule has 7 rings (SSSR count). The van der Waals surface area contributed by atoms with Crippen molar-refractivity contribution in [3.05, 3.63) is 121 Å². The molecule has 0 fully saturated rings. The van der Waals surface area contributed by atoms with Crippen molar-refractivity contribution in [1.82, 2.24) is 4.57 Å². The summed E-state index contributed by atoms with van der Waals surface area (Å²) in [7, 11) is 2.07. The number of fused-ring (bicyclic) bond motifs is 4. The van der Waals surface area contributed by atoms with Gasteiger partial charge >= 0.3 is 21.1 Å². The Labute approximate surface area is 235 Å². The fourth-order valence-electron chi connectivity index (χ4n) is 4.94. The van der Waals surface area contributed by atoms with Crippen molar-refractivity contribution in [2.45, 2.75) is 9.79 Å². The van der Waals surface area contributed by atoms with E-state index in [1.54, 1.807) is 11.8 Å². The number of anilines is 3. The molecule has 0 amide bonds. The largest absolute Gasteiger partial charge is 4.00 e. The van der Waals surface area contributed by atoms with Gasteiger partial charge in [0.15, 0.2) is 0 Å². The quantitative estimate of drug-likeness (QED) is 0.181. The maximum atomic E-state index is 4.76. The summed E-state index contributed by atoms with van der Waals surface area (Å²) in [6.07, 6.45) is 6.22. The Morgan fingerprint density at radius 3 is 2.51 bits per heavy atom. The van der Waals surface area contributed by atoms with Crippen molar-refractivity contribution in [2.75, 3.05) is 23.4 Å². The molecule has 0 N–H and O–H groups in total. The van der Waals surface area contributed by atoms with Crippen molar-refractivity contribution >= 4 is 56.5 Å². The van der Waals surface area contributed by atoms with Crippen LogP contribution in [0, 0.1) is 18.8 Å². The van der Waals surface area contributed by atoms with E-state index >= 15 is 0 Å². The minimum Gasteiger partial charge on any atom is -0.504 e. The normalized spacial score (nSPS) is 14.5. The molecule has 0 bridgehead atoms. The number of nitrogens with zero attached hydrogens (tertiary/aromatic N) is 4. The van der Waals surface area contributed by atoms with Crippen LogP contribution in [0.5, 0.6) is 0 Å². The molecule has 0 spiro atoms. The number of allylic oxidation sites excluding steroid dienone is 2. The fourth-order valence-corrected chi connectivity index (χ4v) is 5.76. The minimum atomic E-state index is 0. The van der Waals surface area contributed by atoms with E-state index in [1.165, 1.54) is 16.5 Å². The first-order valence-electron chi connectivity index (χ1n) is 11.9. The Balaban J connectivity index is 0.00000252. The van der Waals surface area contributed by atoms with E-state index < -0.39 is 0 Å². The van der Waals surface area contributed by atoms with Crippen molar-refractivity contribution in [1.29, 1.82) is 0 Å². The zero-order valence-corrected chi connectivity index (χ0v) is 23.1. The second-order valence-electron chi connectivity index (χ2n) is 8.82. The zero-order chi connectivity index (χ0) is 24.1. The van der Waals surface area contributed by atoms with Crippen LogP contribution in [0.25, 0.3) is 32.9 Å². The van der Waals surface area contributed by atoms with Gasteiger partial charge in [-0.1, -0.05) is 65.8 Å². The average molecular weight is 678 g/mol. The summed E-state index contributed by atoms with van der Waals surface area (Å²) < 4.78 is 2.23. The Kier molecular flexibility index (Phi) is 6.35. The summed E-state index contributed by atoms with van der Waals surface area (Å²) in [4.78, 5) is 6.43. The van der Waals surface area contributed by atoms with E-state index in [0.717, 1.165) is 38.0 Å². The molecule has 4 nitrogen and oxygen atoms in total. The van der Waals surface area contributed by atoms with Crippen LogP contribution in [0.4, 0.5) is 17.1 Å². The first-order chi connectivity index (χ1) is 17.8.